The van der Waals surface area contributed by atoms with Gasteiger partial charge in [-0.25, -0.2) is 10.2 Å². The van der Waals surface area contributed by atoms with Crippen LogP contribution in [0.4, 0.5) is 10.5 Å². The van der Waals surface area contributed by atoms with Crippen LogP contribution in [-0.2, 0) is 6.61 Å². The number of rotatable bonds is 6. The average molecular weight is 463 g/mol. The van der Waals surface area contributed by atoms with Crippen LogP contribution in [0.1, 0.15) is 22.3 Å². The van der Waals surface area contributed by atoms with E-state index in [1.807, 2.05) is 61.5 Å². The predicted octanol–water partition coefficient (Wildman–Crippen LogP) is 5.36. The van der Waals surface area contributed by atoms with Gasteiger partial charge >= 0.3 is 6.03 Å². The SMILES string of the molecule is Cc1ccccc1NC(=O)NN=Cc1ccc(OCc2ccccc2C#N)c(Br)c1. The summed E-state index contributed by atoms with van der Waals surface area (Å²) in [6.45, 7) is 2.20. The summed E-state index contributed by atoms with van der Waals surface area (Å²) >= 11 is 3.48. The number of carbonyl (C=O) groups excluding carboxylic acids is 1. The van der Waals surface area contributed by atoms with Gasteiger partial charge in [-0.1, -0.05) is 36.4 Å². The second kappa shape index (κ2) is 10.2. The van der Waals surface area contributed by atoms with Crippen molar-refractivity contribution in [1.29, 1.82) is 5.26 Å². The number of para-hydroxylation sites is 1. The molecule has 2 N–H and O–H groups in total. The lowest BCUT2D eigenvalue weighted by molar-refractivity contribution is 0.252. The van der Waals surface area contributed by atoms with E-state index in [1.165, 1.54) is 6.21 Å². The van der Waals surface area contributed by atoms with Crippen LogP contribution >= 0.6 is 15.9 Å². The van der Waals surface area contributed by atoms with Crippen molar-refractivity contribution in [2.45, 2.75) is 13.5 Å². The van der Waals surface area contributed by atoms with Crippen LogP contribution in [-0.4, -0.2) is 12.2 Å². The number of hydrogen-bond acceptors (Lipinski definition) is 4. The van der Waals surface area contributed by atoms with Gasteiger partial charge in [0.15, 0.2) is 0 Å². The lowest BCUT2D eigenvalue weighted by Crippen LogP contribution is -2.24. The molecule has 0 aliphatic heterocycles. The minimum absolute atomic E-state index is 0.288. The molecule has 0 radical (unpaired) electrons. The van der Waals surface area contributed by atoms with Crippen LogP contribution in [0.25, 0.3) is 0 Å². The topological polar surface area (TPSA) is 86.5 Å². The molecule has 0 heterocycles. The number of aryl methyl sites for hydroxylation is 1. The normalized spacial score (nSPS) is 10.4. The lowest BCUT2D eigenvalue weighted by atomic mass is 10.1. The van der Waals surface area contributed by atoms with Gasteiger partial charge in [-0.3, -0.25) is 0 Å². The summed E-state index contributed by atoms with van der Waals surface area (Å²) < 4.78 is 6.56. The van der Waals surface area contributed by atoms with Gasteiger partial charge in [0.2, 0.25) is 0 Å². The third-order valence-corrected chi connectivity index (χ3v) is 4.87. The summed E-state index contributed by atoms with van der Waals surface area (Å²) in [5.41, 5.74) is 6.33. The Morgan fingerprint density at radius 1 is 1.17 bits per heavy atom. The van der Waals surface area contributed by atoms with E-state index in [2.05, 4.69) is 37.8 Å². The molecule has 0 bridgehead atoms. The van der Waals surface area contributed by atoms with E-state index in [1.54, 1.807) is 12.1 Å². The third kappa shape index (κ3) is 5.69. The Balaban J connectivity index is 1.56. The van der Waals surface area contributed by atoms with Crippen molar-refractivity contribution < 1.29 is 9.53 Å². The van der Waals surface area contributed by atoms with E-state index >= 15 is 0 Å². The number of urea groups is 1. The number of nitriles is 1. The number of amides is 2. The van der Waals surface area contributed by atoms with Gasteiger partial charge in [0.1, 0.15) is 12.4 Å². The lowest BCUT2D eigenvalue weighted by Gasteiger charge is -2.10. The van der Waals surface area contributed by atoms with Gasteiger partial charge in [0, 0.05) is 11.3 Å². The monoisotopic (exact) mass is 462 g/mol. The molecule has 0 atom stereocenters. The molecule has 0 saturated carbocycles. The highest BCUT2D eigenvalue weighted by atomic mass is 79.9. The first-order valence-electron chi connectivity index (χ1n) is 9.13. The third-order valence-electron chi connectivity index (χ3n) is 4.25. The molecule has 30 heavy (non-hydrogen) atoms. The predicted molar refractivity (Wildman–Crippen MR) is 121 cm³/mol. The molecule has 0 spiro atoms. The first-order valence-corrected chi connectivity index (χ1v) is 9.92. The first-order chi connectivity index (χ1) is 14.6. The number of halogens is 1. The number of ether oxygens (including phenoxy) is 1. The Labute approximate surface area is 183 Å². The molecule has 0 aromatic heterocycles. The number of nitrogens with one attached hydrogen (secondary N) is 2. The number of hydrogen-bond donors (Lipinski definition) is 2. The van der Waals surface area contributed by atoms with Crippen LogP contribution in [0, 0.1) is 18.3 Å². The van der Waals surface area contributed by atoms with Gasteiger partial charge in [-0.2, -0.15) is 10.4 Å². The summed E-state index contributed by atoms with van der Waals surface area (Å²) in [5, 5.41) is 15.9. The van der Waals surface area contributed by atoms with Crippen molar-refractivity contribution in [2.75, 3.05) is 5.32 Å². The van der Waals surface area contributed by atoms with Crippen molar-refractivity contribution in [3.63, 3.8) is 0 Å². The number of hydrazone groups is 1. The summed E-state index contributed by atoms with van der Waals surface area (Å²) in [5.74, 6) is 0.644. The highest BCUT2D eigenvalue weighted by Gasteiger charge is 2.06. The molecule has 7 heteroatoms. The van der Waals surface area contributed by atoms with E-state index < -0.39 is 6.03 Å². The molecule has 6 nitrogen and oxygen atoms in total. The summed E-state index contributed by atoms with van der Waals surface area (Å²) in [7, 11) is 0. The van der Waals surface area contributed by atoms with Crippen molar-refractivity contribution in [2.24, 2.45) is 5.10 Å². The second-order valence-electron chi connectivity index (χ2n) is 6.39. The van der Waals surface area contributed by atoms with Gasteiger partial charge in [-0.15, -0.1) is 0 Å². The maximum atomic E-state index is 12.0. The Kier molecular flexibility index (Phi) is 7.19. The van der Waals surface area contributed by atoms with Gasteiger partial charge in [0.05, 0.1) is 22.3 Å². The van der Waals surface area contributed by atoms with E-state index in [9.17, 15) is 4.79 Å². The van der Waals surface area contributed by atoms with Crippen LogP contribution in [0.5, 0.6) is 5.75 Å². The molecule has 0 aliphatic rings. The molecule has 0 unspecified atom stereocenters. The maximum absolute atomic E-state index is 12.0. The van der Waals surface area contributed by atoms with E-state index in [-0.39, 0.29) is 6.61 Å². The summed E-state index contributed by atoms with van der Waals surface area (Å²) in [6, 6.07) is 22.0. The number of benzene rings is 3. The Morgan fingerprint density at radius 2 is 1.93 bits per heavy atom. The van der Waals surface area contributed by atoms with Crippen LogP contribution in [0.15, 0.2) is 76.3 Å². The smallest absolute Gasteiger partial charge is 0.339 e. The minimum atomic E-state index is -0.421. The zero-order valence-corrected chi connectivity index (χ0v) is 17.8. The van der Waals surface area contributed by atoms with Gasteiger partial charge in [0.25, 0.3) is 0 Å². The van der Waals surface area contributed by atoms with Crippen LogP contribution in [0.3, 0.4) is 0 Å². The molecular weight excluding hydrogens is 444 g/mol. The summed E-state index contributed by atoms with van der Waals surface area (Å²) in [6.07, 6.45) is 1.54. The van der Waals surface area contributed by atoms with Crippen molar-refractivity contribution >= 4 is 33.9 Å². The molecule has 150 valence electrons. The molecule has 0 aliphatic carbocycles. The molecule has 3 aromatic rings. The fourth-order valence-electron chi connectivity index (χ4n) is 2.65. The second-order valence-corrected chi connectivity index (χ2v) is 7.24. The first kappa shape index (κ1) is 21.1. The Morgan fingerprint density at radius 3 is 2.70 bits per heavy atom. The van der Waals surface area contributed by atoms with Gasteiger partial charge in [-0.05, 0) is 64.3 Å². The Hall–Kier alpha value is -3.63. The van der Waals surface area contributed by atoms with Crippen molar-refractivity contribution in [1.82, 2.24) is 5.43 Å². The Bertz CT molecular complexity index is 1120. The minimum Gasteiger partial charge on any atom is -0.488 e. The van der Waals surface area contributed by atoms with E-state index in [4.69, 9.17) is 10.00 Å². The fourth-order valence-corrected chi connectivity index (χ4v) is 3.17. The van der Waals surface area contributed by atoms with Crippen LogP contribution < -0.4 is 15.5 Å². The molecule has 0 saturated heterocycles. The largest absolute Gasteiger partial charge is 0.488 e. The molecular formula is C23H19BrN4O2. The molecule has 3 aromatic carbocycles. The van der Waals surface area contributed by atoms with E-state index in [0.29, 0.717) is 11.3 Å². The van der Waals surface area contributed by atoms with Crippen molar-refractivity contribution in [3.05, 3.63) is 93.5 Å². The number of anilines is 1. The summed E-state index contributed by atoms with van der Waals surface area (Å²) in [4.78, 5) is 12.0. The number of carbonyl (C=O) groups is 1. The van der Waals surface area contributed by atoms with Gasteiger partial charge < -0.3 is 10.1 Å². The maximum Gasteiger partial charge on any atom is 0.339 e. The fraction of sp³-hybridized carbons (Fsp3) is 0.0870. The highest BCUT2D eigenvalue weighted by Crippen LogP contribution is 2.26. The van der Waals surface area contributed by atoms with E-state index in [0.717, 1.165) is 26.9 Å². The quantitative estimate of drug-likeness (QED) is 0.381. The molecule has 0 fully saturated rings. The average Bonchev–Trinajstić information content (AvgIpc) is 2.75. The highest BCUT2D eigenvalue weighted by molar-refractivity contribution is 9.10. The van der Waals surface area contributed by atoms with Crippen LogP contribution in [0.2, 0.25) is 0 Å². The van der Waals surface area contributed by atoms with Crippen molar-refractivity contribution in [3.8, 4) is 11.8 Å². The zero-order chi connectivity index (χ0) is 21.3. The molecule has 2 amide bonds. The molecule has 3 rings (SSSR count). The standard InChI is InChI=1S/C23H19BrN4O2/c1-16-6-2-5-9-21(16)27-23(29)28-26-14-17-10-11-22(20(24)12-17)30-15-19-8-4-3-7-18(19)13-25/h2-12,14H,15H2,1H3,(H2,27,28,29). The zero-order valence-electron chi connectivity index (χ0n) is 16.2. The number of nitrogens with zero attached hydrogens (tertiary/aromatic N) is 2.